The van der Waals surface area contributed by atoms with Crippen molar-refractivity contribution in [2.24, 2.45) is 45.5 Å². The third-order valence-corrected chi connectivity index (χ3v) is 8.57. The first-order valence-corrected chi connectivity index (χ1v) is 13.3. The van der Waals surface area contributed by atoms with Gasteiger partial charge in [0.25, 0.3) is 0 Å². The second kappa shape index (κ2) is 9.04. The fourth-order valence-electron chi connectivity index (χ4n) is 5.59. The van der Waals surface area contributed by atoms with Crippen LogP contribution in [0.3, 0.4) is 0 Å². The first kappa shape index (κ1) is 25.6. The molecule has 2 aliphatic rings. The molecule has 4 nitrogen and oxygen atoms in total. The summed E-state index contributed by atoms with van der Waals surface area (Å²) in [4.78, 5) is 11.7. The van der Waals surface area contributed by atoms with E-state index < -0.39 is 13.0 Å². The van der Waals surface area contributed by atoms with Crippen molar-refractivity contribution in [2.75, 3.05) is 0 Å². The first-order chi connectivity index (χ1) is 13.7. The molecule has 0 amide bonds. The van der Waals surface area contributed by atoms with Gasteiger partial charge in [0.2, 0.25) is 0 Å². The van der Waals surface area contributed by atoms with Crippen LogP contribution in [-0.2, 0) is 22.5 Å². The minimum absolute atomic E-state index is 0.121. The summed E-state index contributed by atoms with van der Waals surface area (Å²) in [6, 6.07) is 0.242. The van der Waals surface area contributed by atoms with Crippen molar-refractivity contribution in [1.29, 1.82) is 0 Å². The number of hydrogen-bond donors (Lipinski definition) is 0. The molecule has 30 heavy (non-hydrogen) atoms. The Hall–Kier alpha value is -0.696. The minimum atomic E-state index is -0.817. The summed E-state index contributed by atoms with van der Waals surface area (Å²) in [5.74, 6) is 2.20. The summed E-state index contributed by atoms with van der Waals surface area (Å²) in [5.41, 5.74) is 3.88. The molecule has 0 unspecified atom stereocenters. The predicted molar refractivity (Wildman–Crippen MR) is 126 cm³/mol. The molecular formula is C25H46N2NiO2. The van der Waals surface area contributed by atoms with E-state index in [1.165, 1.54) is 0 Å². The zero-order chi connectivity index (χ0) is 23.2. The van der Waals surface area contributed by atoms with E-state index in [0.29, 0.717) is 35.5 Å². The molecule has 0 saturated carbocycles. The summed E-state index contributed by atoms with van der Waals surface area (Å²) in [5, 5.41) is 0. The Labute approximate surface area is 189 Å². The van der Waals surface area contributed by atoms with Crippen molar-refractivity contribution in [3.8, 4) is 0 Å². The van der Waals surface area contributed by atoms with Crippen LogP contribution >= 0.6 is 0 Å². The molecule has 0 aromatic rings. The van der Waals surface area contributed by atoms with Gasteiger partial charge in [-0.2, -0.15) is 0 Å². The van der Waals surface area contributed by atoms with E-state index in [1.807, 2.05) is 0 Å². The average molecular weight is 465 g/mol. The van der Waals surface area contributed by atoms with E-state index in [-0.39, 0.29) is 23.3 Å². The Morgan fingerprint density at radius 2 is 0.900 bits per heavy atom. The van der Waals surface area contributed by atoms with Crippen LogP contribution in [0.4, 0.5) is 0 Å². The van der Waals surface area contributed by atoms with Gasteiger partial charge in [-0.1, -0.05) is 0 Å². The third kappa shape index (κ3) is 3.93. The van der Waals surface area contributed by atoms with Gasteiger partial charge in [-0.25, -0.2) is 0 Å². The first-order valence-electron chi connectivity index (χ1n) is 11.6. The van der Waals surface area contributed by atoms with E-state index in [1.54, 1.807) is 0 Å². The van der Waals surface area contributed by atoms with Crippen LogP contribution in [-0.4, -0.2) is 38.5 Å². The maximum atomic E-state index is 6.75. The zero-order valence-corrected chi connectivity index (χ0v) is 22.3. The predicted octanol–water partition coefficient (Wildman–Crippen LogP) is 5.96. The summed E-state index contributed by atoms with van der Waals surface area (Å²) in [6.45, 7) is 26.9. The molecule has 2 rings (SSSR count). The van der Waals surface area contributed by atoms with Crippen LogP contribution in [0, 0.1) is 35.5 Å². The van der Waals surface area contributed by atoms with Crippen LogP contribution < -0.4 is 0 Å². The fourth-order valence-corrected chi connectivity index (χ4v) is 6.95. The van der Waals surface area contributed by atoms with E-state index in [2.05, 4.69) is 88.6 Å². The topological polar surface area (TPSA) is 43.2 Å². The van der Waals surface area contributed by atoms with Crippen LogP contribution in [0.2, 0.25) is 0 Å². The molecule has 0 aliphatic carbocycles. The van der Waals surface area contributed by atoms with Gasteiger partial charge < -0.3 is 0 Å². The molecule has 5 heteroatoms. The maximum absolute atomic E-state index is 6.75. The van der Waals surface area contributed by atoms with E-state index in [0.717, 1.165) is 9.74 Å². The van der Waals surface area contributed by atoms with Gasteiger partial charge in [0.15, 0.2) is 0 Å². The molecule has 0 bridgehead atoms. The summed E-state index contributed by atoms with van der Waals surface area (Å²) in [7, 11) is 0. The van der Waals surface area contributed by atoms with Crippen molar-refractivity contribution in [3.63, 3.8) is 0 Å². The number of aliphatic imine (C=N–C) groups is 2. The van der Waals surface area contributed by atoms with E-state index in [4.69, 9.17) is 19.5 Å². The van der Waals surface area contributed by atoms with Crippen LogP contribution in [0.15, 0.2) is 9.98 Å². The molecule has 178 valence electrons. The Morgan fingerprint density at radius 3 is 1.07 bits per heavy atom. The van der Waals surface area contributed by atoms with E-state index in [9.17, 15) is 0 Å². The molecule has 2 aliphatic heterocycles. The van der Waals surface area contributed by atoms with Gasteiger partial charge in [-0.05, 0) is 0 Å². The van der Waals surface area contributed by atoms with Crippen molar-refractivity contribution < 1.29 is 22.5 Å². The zero-order valence-electron chi connectivity index (χ0n) is 21.4. The molecule has 0 radical (unpaired) electrons. The summed E-state index contributed by atoms with van der Waals surface area (Å²) in [6.07, 6.45) is 0. The molecule has 2 heterocycles. The van der Waals surface area contributed by atoms with Crippen LogP contribution in [0.5, 0.6) is 0 Å². The number of nitrogens with zero attached hydrogens (tertiary/aromatic N) is 2. The summed E-state index contributed by atoms with van der Waals surface area (Å²) >= 11 is -0.817. The van der Waals surface area contributed by atoms with Crippen LogP contribution in [0.25, 0.3) is 0 Å². The second-order valence-corrected chi connectivity index (χ2v) is 12.7. The molecule has 0 fully saturated rings. The monoisotopic (exact) mass is 464 g/mol. The fraction of sp³-hybridized carbons (Fsp3) is 0.880. The third-order valence-electron chi connectivity index (χ3n) is 7.10. The Bertz CT molecular complexity index is 630. The number of ether oxygens (including phenoxy) is 2. The Morgan fingerprint density at radius 1 is 0.633 bits per heavy atom. The van der Waals surface area contributed by atoms with Gasteiger partial charge in [0, 0.05) is 0 Å². The molecule has 0 N–H and O–H groups in total. The molecular weight excluding hydrogens is 419 g/mol. The van der Waals surface area contributed by atoms with Gasteiger partial charge in [-0.15, -0.1) is 0 Å². The van der Waals surface area contributed by atoms with Crippen molar-refractivity contribution in [2.45, 2.75) is 106 Å². The average Bonchev–Trinajstić information content (AvgIpc) is 3.22. The van der Waals surface area contributed by atoms with Gasteiger partial charge in [0.1, 0.15) is 0 Å². The summed E-state index contributed by atoms with van der Waals surface area (Å²) < 4.78 is 13.5. The molecule has 0 spiro atoms. The number of rotatable bonds is 8. The Balaban J connectivity index is 2.46. The SMILES string of the molecule is [CH2]=[Ni]([C]1=N[C@H](C(C)C)C(C(C)C)(C(C)C)O1)[C]1=N[C@H](C(C)C)C(C(C)C)(C(C)C)O1. The quantitative estimate of drug-likeness (QED) is 0.415. The second-order valence-electron chi connectivity index (χ2n) is 10.9. The molecule has 0 aromatic carbocycles. The van der Waals surface area contributed by atoms with E-state index >= 15 is 0 Å². The van der Waals surface area contributed by atoms with Gasteiger partial charge in [-0.3, -0.25) is 0 Å². The van der Waals surface area contributed by atoms with Crippen molar-refractivity contribution in [3.05, 3.63) is 0 Å². The normalized spacial score (nSPS) is 26.0. The molecule has 0 aromatic heterocycles. The molecule has 2 atom stereocenters. The standard InChI is InChI=1S/2C12H22NO.CH2.Ni/c2*1-8(2)11-12(9(3)4,10(5)6)14-7-13-11;;/h2*8-11H,1-6H3;1H2;/t2*11-;;/m11../s1. The van der Waals surface area contributed by atoms with Gasteiger partial charge >= 0.3 is 190 Å². The van der Waals surface area contributed by atoms with Crippen LogP contribution in [0.1, 0.15) is 83.1 Å². The Kier molecular flexibility index (Phi) is 7.71. The van der Waals surface area contributed by atoms with Crippen molar-refractivity contribution >= 4 is 15.2 Å². The van der Waals surface area contributed by atoms with Gasteiger partial charge in [0.05, 0.1) is 0 Å². The molecule has 0 saturated heterocycles. The number of hydrogen-bond acceptors (Lipinski definition) is 4. The van der Waals surface area contributed by atoms with Crippen molar-refractivity contribution in [1.82, 2.24) is 0 Å².